The predicted octanol–water partition coefficient (Wildman–Crippen LogP) is 1.20. The van der Waals surface area contributed by atoms with Gasteiger partial charge in [0.05, 0.1) is 5.92 Å². The molecular formula is C13H14N4O2S. The SMILES string of the molecule is Nc1noc(CCNC(=O)[C@@H]2CSc3ccccc32)n1. The van der Waals surface area contributed by atoms with Crippen molar-refractivity contribution in [1.82, 2.24) is 15.5 Å². The first-order chi connectivity index (χ1) is 9.74. The molecule has 6 nitrogen and oxygen atoms in total. The lowest BCUT2D eigenvalue weighted by molar-refractivity contribution is -0.122. The van der Waals surface area contributed by atoms with Crippen LogP contribution in [0.4, 0.5) is 5.95 Å². The van der Waals surface area contributed by atoms with E-state index in [2.05, 4.69) is 21.5 Å². The van der Waals surface area contributed by atoms with Crippen LogP contribution >= 0.6 is 11.8 Å². The number of carbonyl (C=O) groups is 1. The van der Waals surface area contributed by atoms with Crippen LogP contribution in [0, 0.1) is 0 Å². The Morgan fingerprint density at radius 1 is 1.50 bits per heavy atom. The van der Waals surface area contributed by atoms with Gasteiger partial charge in [-0.15, -0.1) is 11.8 Å². The molecule has 0 radical (unpaired) electrons. The van der Waals surface area contributed by atoms with Gasteiger partial charge in [-0.05, 0) is 16.8 Å². The molecule has 3 N–H and O–H groups in total. The van der Waals surface area contributed by atoms with Crippen molar-refractivity contribution in [1.29, 1.82) is 0 Å². The number of aromatic nitrogens is 2. The molecule has 7 heteroatoms. The first-order valence-electron chi connectivity index (χ1n) is 6.31. The second-order valence-electron chi connectivity index (χ2n) is 4.49. The summed E-state index contributed by atoms with van der Waals surface area (Å²) >= 11 is 1.72. The second-order valence-corrected chi connectivity index (χ2v) is 5.55. The Bertz CT molecular complexity index is 628. The summed E-state index contributed by atoms with van der Waals surface area (Å²) in [6.45, 7) is 0.462. The smallest absolute Gasteiger partial charge is 0.260 e. The average molecular weight is 290 g/mol. The molecule has 1 aliphatic rings. The number of rotatable bonds is 4. The van der Waals surface area contributed by atoms with Gasteiger partial charge < -0.3 is 15.6 Å². The fourth-order valence-electron chi connectivity index (χ4n) is 2.17. The summed E-state index contributed by atoms with van der Waals surface area (Å²) in [5, 5.41) is 6.40. The van der Waals surface area contributed by atoms with Gasteiger partial charge >= 0.3 is 0 Å². The van der Waals surface area contributed by atoms with E-state index in [4.69, 9.17) is 10.3 Å². The zero-order valence-corrected chi connectivity index (χ0v) is 11.5. The van der Waals surface area contributed by atoms with Gasteiger partial charge in [-0.25, -0.2) is 0 Å². The van der Waals surface area contributed by atoms with E-state index in [1.165, 1.54) is 4.90 Å². The van der Waals surface area contributed by atoms with Gasteiger partial charge in [-0.1, -0.05) is 18.2 Å². The molecule has 0 unspecified atom stereocenters. The molecule has 2 aromatic rings. The van der Waals surface area contributed by atoms with Crippen molar-refractivity contribution in [2.24, 2.45) is 0 Å². The Morgan fingerprint density at radius 3 is 3.15 bits per heavy atom. The summed E-state index contributed by atoms with van der Waals surface area (Å²) in [5.41, 5.74) is 6.47. The lowest BCUT2D eigenvalue weighted by atomic mass is 10.0. The van der Waals surface area contributed by atoms with Crippen molar-refractivity contribution < 1.29 is 9.32 Å². The predicted molar refractivity (Wildman–Crippen MR) is 75.3 cm³/mol. The highest BCUT2D eigenvalue weighted by atomic mass is 32.2. The zero-order valence-electron chi connectivity index (χ0n) is 10.7. The minimum atomic E-state index is -0.0797. The number of hydrogen-bond donors (Lipinski definition) is 2. The summed E-state index contributed by atoms with van der Waals surface area (Å²) in [5.74, 6) is 1.30. The average Bonchev–Trinajstić information content (AvgIpc) is 3.05. The van der Waals surface area contributed by atoms with E-state index in [0.717, 1.165) is 11.3 Å². The fraction of sp³-hybridized carbons (Fsp3) is 0.308. The van der Waals surface area contributed by atoms with Crippen LogP contribution in [0.15, 0.2) is 33.7 Å². The Morgan fingerprint density at radius 2 is 2.35 bits per heavy atom. The number of anilines is 1. The number of thioether (sulfide) groups is 1. The maximum absolute atomic E-state index is 12.2. The minimum Gasteiger partial charge on any atom is -0.365 e. The molecule has 1 aromatic carbocycles. The van der Waals surface area contributed by atoms with Gasteiger partial charge in [0.2, 0.25) is 11.8 Å². The highest BCUT2D eigenvalue weighted by Crippen LogP contribution is 2.39. The first kappa shape index (κ1) is 13.0. The number of amides is 1. The monoisotopic (exact) mass is 290 g/mol. The second kappa shape index (κ2) is 5.54. The van der Waals surface area contributed by atoms with Gasteiger partial charge in [0.1, 0.15) is 0 Å². The molecule has 1 amide bonds. The standard InChI is InChI=1S/C13H14N4O2S/c14-13-16-11(19-17-13)5-6-15-12(18)9-7-20-10-4-2-1-3-8(9)10/h1-4,9H,5-7H2,(H2,14,17)(H,15,18)/t9-/m1/s1. The molecule has 0 aliphatic carbocycles. The van der Waals surface area contributed by atoms with E-state index in [1.807, 2.05) is 18.2 Å². The van der Waals surface area contributed by atoms with E-state index in [1.54, 1.807) is 11.8 Å². The van der Waals surface area contributed by atoms with Gasteiger partial charge in [0.25, 0.3) is 5.95 Å². The van der Waals surface area contributed by atoms with Gasteiger partial charge in [0.15, 0.2) is 0 Å². The summed E-state index contributed by atoms with van der Waals surface area (Å²) in [7, 11) is 0. The van der Waals surface area contributed by atoms with Crippen molar-refractivity contribution in [3.63, 3.8) is 0 Å². The van der Waals surface area contributed by atoms with Crippen molar-refractivity contribution in [3.05, 3.63) is 35.7 Å². The lowest BCUT2D eigenvalue weighted by Crippen LogP contribution is -2.31. The molecule has 1 aliphatic heterocycles. The highest BCUT2D eigenvalue weighted by molar-refractivity contribution is 7.99. The summed E-state index contributed by atoms with van der Waals surface area (Å²) in [6.07, 6.45) is 0.484. The normalized spacial score (nSPS) is 16.9. The number of nitrogens with one attached hydrogen (secondary N) is 1. The molecule has 2 heterocycles. The molecule has 1 aromatic heterocycles. The van der Waals surface area contributed by atoms with Crippen LogP contribution in [0.1, 0.15) is 17.4 Å². The topological polar surface area (TPSA) is 94.0 Å². The number of fused-ring (bicyclic) bond motifs is 1. The largest absolute Gasteiger partial charge is 0.365 e. The van der Waals surface area contributed by atoms with Crippen LogP contribution in [-0.4, -0.2) is 28.3 Å². The van der Waals surface area contributed by atoms with Crippen LogP contribution in [0.25, 0.3) is 0 Å². The molecule has 0 spiro atoms. The third kappa shape index (κ3) is 2.62. The van der Waals surface area contributed by atoms with E-state index in [-0.39, 0.29) is 17.8 Å². The molecule has 20 heavy (non-hydrogen) atoms. The molecule has 0 bridgehead atoms. The maximum atomic E-state index is 12.2. The third-order valence-electron chi connectivity index (χ3n) is 3.14. The van der Waals surface area contributed by atoms with Crippen LogP contribution in [0.5, 0.6) is 0 Å². The summed E-state index contributed by atoms with van der Waals surface area (Å²) in [6, 6.07) is 8.02. The number of nitrogens with two attached hydrogens (primary N) is 1. The highest BCUT2D eigenvalue weighted by Gasteiger charge is 2.28. The number of nitrogen functional groups attached to an aromatic ring is 1. The minimum absolute atomic E-state index is 0.0370. The first-order valence-corrected chi connectivity index (χ1v) is 7.30. The van der Waals surface area contributed by atoms with E-state index < -0.39 is 0 Å². The molecular weight excluding hydrogens is 276 g/mol. The Hall–Kier alpha value is -2.02. The van der Waals surface area contributed by atoms with Gasteiger partial charge in [-0.3, -0.25) is 4.79 Å². The number of benzene rings is 1. The quantitative estimate of drug-likeness (QED) is 0.878. The molecule has 0 fully saturated rings. The summed E-state index contributed by atoms with van der Waals surface area (Å²) in [4.78, 5) is 17.3. The van der Waals surface area contributed by atoms with Gasteiger partial charge in [0, 0.05) is 23.6 Å². The van der Waals surface area contributed by atoms with E-state index in [9.17, 15) is 4.79 Å². The molecule has 0 saturated heterocycles. The molecule has 104 valence electrons. The van der Waals surface area contributed by atoms with Crippen molar-refractivity contribution in [3.8, 4) is 0 Å². The lowest BCUT2D eigenvalue weighted by Gasteiger charge is -2.10. The van der Waals surface area contributed by atoms with Crippen LogP contribution in [0.2, 0.25) is 0 Å². The third-order valence-corrected chi connectivity index (χ3v) is 4.32. The van der Waals surface area contributed by atoms with E-state index >= 15 is 0 Å². The van der Waals surface area contributed by atoms with Crippen LogP contribution < -0.4 is 11.1 Å². The Balaban J connectivity index is 1.55. The van der Waals surface area contributed by atoms with E-state index in [0.29, 0.717) is 18.9 Å². The zero-order chi connectivity index (χ0) is 13.9. The number of hydrogen-bond acceptors (Lipinski definition) is 6. The molecule has 0 saturated carbocycles. The van der Waals surface area contributed by atoms with Crippen LogP contribution in [-0.2, 0) is 11.2 Å². The Kier molecular flexibility index (Phi) is 3.60. The maximum Gasteiger partial charge on any atom is 0.260 e. The van der Waals surface area contributed by atoms with Crippen LogP contribution in [0.3, 0.4) is 0 Å². The molecule has 1 atom stereocenters. The number of nitrogens with zero attached hydrogens (tertiary/aromatic N) is 2. The van der Waals surface area contributed by atoms with Crippen molar-refractivity contribution >= 4 is 23.6 Å². The molecule has 3 rings (SSSR count). The fourth-order valence-corrected chi connectivity index (χ4v) is 3.39. The number of carbonyl (C=O) groups excluding carboxylic acids is 1. The van der Waals surface area contributed by atoms with Crippen molar-refractivity contribution in [2.75, 3.05) is 18.0 Å². The van der Waals surface area contributed by atoms with Gasteiger partial charge in [-0.2, -0.15) is 4.98 Å². The Labute approximate surface area is 120 Å². The summed E-state index contributed by atoms with van der Waals surface area (Å²) < 4.78 is 4.89. The van der Waals surface area contributed by atoms with Crippen molar-refractivity contribution in [2.45, 2.75) is 17.2 Å².